The number of nitrogens with one attached hydrogen (secondary N) is 1. The Bertz CT molecular complexity index is 1980. The van der Waals surface area contributed by atoms with Gasteiger partial charge in [0.2, 0.25) is 21.9 Å². The highest BCUT2D eigenvalue weighted by atomic mass is 32.2. The molecule has 2 aliphatic heterocycles. The number of methoxy groups -OCH3 is 2. The summed E-state index contributed by atoms with van der Waals surface area (Å²) in [6, 6.07) is 5.86. The summed E-state index contributed by atoms with van der Waals surface area (Å²) in [5, 5.41) is 0.288. The average Bonchev–Trinajstić information content (AvgIpc) is 3.07. The summed E-state index contributed by atoms with van der Waals surface area (Å²) in [5.41, 5.74) is 0.518. The van der Waals surface area contributed by atoms with Gasteiger partial charge in [-0.25, -0.2) is 41.3 Å². The number of sulfonamides is 1. The third-order valence-corrected chi connectivity index (χ3v) is 8.71. The van der Waals surface area contributed by atoms with Crippen LogP contribution in [0.25, 0.3) is 22.2 Å². The number of anilines is 3. The fourth-order valence-electron chi connectivity index (χ4n) is 5.87. The van der Waals surface area contributed by atoms with Crippen molar-refractivity contribution in [3.63, 3.8) is 0 Å². The number of hydrogen-bond acceptors (Lipinski definition) is 12. The fourth-order valence-corrected chi connectivity index (χ4v) is 6.41. The number of aromatic nitrogens is 3. The highest BCUT2D eigenvalue weighted by molar-refractivity contribution is 7.92. The largest absolute Gasteiger partial charge is 0.488 e. The van der Waals surface area contributed by atoms with Gasteiger partial charge < -0.3 is 28.7 Å². The van der Waals surface area contributed by atoms with Gasteiger partial charge in [-0.1, -0.05) is 0 Å². The molecule has 13 nitrogen and oxygen atoms in total. The highest BCUT2D eigenvalue weighted by Crippen LogP contribution is 2.38. The fraction of sp³-hybridized carbons (Fsp3) is 0.375. The second-order valence-corrected chi connectivity index (χ2v) is 13.3. The number of halogens is 3. The van der Waals surface area contributed by atoms with Crippen LogP contribution in [0.4, 0.5) is 30.5 Å². The number of fused-ring (bicyclic) bond motifs is 1. The van der Waals surface area contributed by atoms with Crippen LogP contribution in [-0.4, -0.2) is 95.3 Å². The van der Waals surface area contributed by atoms with Crippen LogP contribution in [0.15, 0.2) is 36.5 Å². The molecule has 4 aromatic rings. The third-order valence-electron chi connectivity index (χ3n) is 8.12. The summed E-state index contributed by atoms with van der Waals surface area (Å²) in [4.78, 5) is 29.0. The number of piperidine rings is 1. The summed E-state index contributed by atoms with van der Waals surface area (Å²) in [7, 11) is -1.23. The first-order valence-corrected chi connectivity index (χ1v) is 17.2. The van der Waals surface area contributed by atoms with Crippen molar-refractivity contribution in [1.29, 1.82) is 0 Å². The first kappa shape index (κ1) is 34.0. The van der Waals surface area contributed by atoms with Gasteiger partial charge in [0, 0.05) is 62.2 Å². The number of pyridine rings is 1. The van der Waals surface area contributed by atoms with Crippen molar-refractivity contribution in [3.05, 3.63) is 59.5 Å². The molecule has 0 unspecified atom stereocenters. The summed E-state index contributed by atoms with van der Waals surface area (Å²) < 4.78 is 93.4. The van der Waals surface area contributed by atoms with E-state index in [0.717, 1.165) is 25.5 Å². The molecule has 0 spiro atoms. The lowest BCUT2D eigenvalue weighted by atomic mass is 10.0. The number of morpholine rings is 1. The van der Waals surface area contributed by atoms with Crippen molar-refractivity contribution in [2.75, 3.05) is 74.4 Å². The van der Waals surface area contributed by atoms with Gasteiger partial charge in [-0.2, -0.15) is 0 Å². The van der Waals surface area contributed by atoms with Gasteiger partial charge in [0.05, 0.1) is 44.9 Å². The summed E-state index contributed by atoms with van der Waals surface area (Å²) in [6.07, 6.45) is 2.65. The lowest BCUT2D eigenvalue weighted by Crippen LogP contribution is -2.39. The van der Waals surface area contributed by atoms with Crippen molar-refractivity contribution in [1.82, 2.24) is 15.0 Å². The molecular formula is C32H33F3N6O7S. The van der Waals surface area contributed by atoms with Gasteiger partial charge in [-0.3, -0.25) is 4.72 Å². The minimum absolute atomic E-state index is 0.0293. The number of carbonyl (C=O) groups excluding carboxylic acids is 1. The van der Waals surface area contributed by atoms with E-state index in [-0.39, 0.29) is 52.7 Å². The molecule has 0 radical (unpaired) electrons. The third kappa shape index (κ3) is 7.41. The van der Waals surface area contributed by atoms with Crippen molar-refractivity contribution >= 4 is 44.2 Å². The number of hydrogen-bond donors (Lipinski definition) is 1. The molecule has 2 aliphatic rings. The van der Waals surface area contributed by atoms with Gasteiger partial charge >= 0.3 is 5.97 Å². The molecule has 6 rings (SSSR count). The number of rotatable bonds is 9. The van der Waals surface area contributed by atoms with E-state index in [1.807, 2.05) is 4.90 Å². The Balaban J connectivity index is 1.35. The van der Waals surface area contributed by atoms with E-state index in [1.54, 1.807) is 0 Å². The van der Waals surface area contributed by atoms with Crippen LogP contribution in [0, 0.1) is 17.5 Å². The summed E-state index contributed by atoms with van der Waals surface area (Å²) in [5.74, 6) is -2.76. The molecule has 0 aliphatic carbocycles. The van der Waals surface area contributed by atoms with Crippen LogP contribution in [-0.2, 0) is 19.5 Å². The molecule has 2 fully saturated rings. The Morgan fingerprint density at radius 3 is 2.29 bits per heavy atom. The van der Waals surface area contributed by atoms with E-state index in [0.29, 0.717) is 56.2 Å². The van der Waals surface area contributed by atoms with Crippen molar-refractivity contribution in [3.8, 4) is 22.9 Å². The van der Waals surface area contributed by atoms with Crippen LogP contribution in [0.2, 0.25) is 0 Å². The molecule has 17 heteroatoms. The molecule has 0 bridgehead atoms. The molecule has 0 amide bonds. The Morgan fingerprint density at radius 1 is 0.959 bits per heavy atom. The second kappa shape index (κ2) is 13.9. The number of esters is 1. The normalized spacial score (nSPS) is 15.7. The summed E-state index contributed by atoms with van der Waals surface area (Å²) in [6.45, 7) is 2.32. The Hall–Kier alpha value is -4.90. The maximum Gasteiger partial charge on any atom is 0.338 e. The zero-order valence-electron chi connectivity index (χ0n) is 26.8. The average molecular weight is 703 g/mol. The summed E-state index contributed by atoms with van der Waals surface area (Å²) >= 11 is 0. The van der Waals surface area contributed by atoms with Gasteiger partial charge in [-0.15, -0.1) is 0 Å². The van der Waals surface area contributed by atoms with Gasteiger partial charge in [-0.05, 0) is 24.3 Å². The van der Waals surface area contributed by atoms with E-state index in [1.165, 1.54) is 36.4 Å². The van der Waals surface area contributed by atoms with E-state index >= 15 is 4.39 Å². The van der Waals surface area contributed by atoms with Crippen molar-refractivity contribution in [2.45, 2.75) is 18.9 Å². The molecule has 2 aromatic heterocycles. The van der Waals surface area contributed by atoms with E-state index in [4.69, 9.17) is 24.2 Å². The first-order valence-electron chi connectivity index (χ1n) is 15.3. The van der Waals surface area contributed by atoms with E-state index < -0.39 is 39.5 Å². The zero-order valence-corrected chi connectivity index (χ0v) is 27.7. The zero-order chi connectivity index (χ0) is 34.9. The van der Waals surface area contributed by atoms with E-state index in [9.17, 15) is 22.0 Å². The highest BCUT2D eigenvalue weighted by Gasteiger charge is 2.28. The van der Waals surface area contributed by atoms with Crippen LogP contribution >= 0.6 is 0 Å². The predicted molar refractivity (Wildman–Crippen MR) is 174 cm³/mol. The first-order chi connectivity index (χ1) is 23.4. The Kier molecular flexibility index (Phi) is 9.65. The molecule has 0 atom stereocenters. The van der Waals surface area contributed by atoms with Crippen molar-refractivity contribution in [2.24, 2.45) is 0 Å². The number of carbonyl (C=O) groups is 1. The van der Waals surface area contributed by atoms with Crippen LogP contribution < -0.4 is 24.0 Å². The van der Waals surface area contributed by atoms with E-state index in [2.05, 4.69) is 14.4 Å². The number of benzene rings is 2. The molecule has 0 saturated carbocycles. The quantitative estimate of drug-likeness (QED) is 0.250. The number of ether oxygens (including phenoxy) is 4. The standard InChI is InChI=1S/C32H33F3N6O7S/c1-45-30-25(39-49(3,43)44)14-19(17-36-30)27-22-15-20(33)16-26(28(22)38-32(37-27)41-8-10-47-11-9-41)48-21-4-6-40(7-5-21)29-23(34)12-18(13-24(29)35)31(42)46-2/h12-17,21,39H,4-11H2,1-3H3. The lowest BCUT2D eigenvalue weighted by Gasteiger charge is -2.34. The minimum atomic E-state index is -3.71. The monoisotopic (exact) mass is 702 g/mol. The molecule has 2 aromatic carbocycles. The van der Waals surface area contributed by atoms with Crippen LogP contribution in [0.3, 0.4) is 0 Å². The SMILES string of the molecule is COC(=O)c1cc(F)c(N2CCC(Oc3cc(F)cc4c(-c5cnc(OC)c(NS(C)(=O)=O)c5)nc(N5CCOCC5)nc34)CC2)c(F)c1. The molecule has 1 N–H and O–H groups in total. The predicted octanol–water partition coefficient (Wildman–Crippen LogP) is 4.16. The Morgan fingerprint density at radius 2 is 1.65 bits per heavy atom. The topological polar surface area (TPSA) is 145 Å². The van der Waals surface area contributed by atoms with Gasteiger partial charge in [0.1, 0.15) is 46.2 Å². The second-order valence-electron chi connectivity index (χ2n) is 11.5. The van der Waals surface area contributed by atoms with Gasteiger partial charge in [0.15, 0.2) is 0 Å². The lowest BCUT2D eigenvalue weighted by molar-refractivity contribution is 0.0599. The van der Waals surface area contributed by atoms with Crippen LogP contribution in [0.1, 0.15) is 23.2 Å². The molecular weight excluding hydrogens is 669 g/mol. The van der Waals surface area contributed by atoms with Gasteiger partial charge in [0.25, 0.3) is 0 Å². The maximum atomic E-state index is 15.3. The number of nitrogens with zero attached hydrogens (tertiary/aromatic N) is 5. The molecule has 260 valence electrons. The molecule has 4 heterocycles. The molecule has 49 heavy (non-hydrogen) atoms. The maximum absolute atomic E-state index is 15.3. The van der Waals surface area contributed by atoms with Crippen molar-refractivity contribution < 1.29 is 45.3 Å². The molecule has 2 saturated heterocycles. The van der Waals surface area contributed by atoms with Crippen LogP contribution in [0.5, 0.6) is 11.6 Å². The Labute approximate surface area is 280 Å². The minimum Gasteiger partial charge on any atom is -0.488 e. The smallest absolute Gasteiger partial charge is 0.338 e.